The molecule has 0 saturated heterocycles. The minimum Gasteiger partial charge on any atom is -0.396 e. The van der Waals surface area contributed by atoms with Gasteiger partial charge in [-0.2, -0.15) is 0 Å². The van der Waals surface area contributed by atoms with E-state index in [1.807, 2.05) is 0 Å². The average molecular weight is 227 g/mol. The van der Waals surface area contributed by atoms with E-state index in [-0.39, 0.29) is 0 Å². The molecule has 0 rings (SSSR count). The van der Waals surface area contributed by atoms with E-state index >= 15 is 0 Å². The second-order valence-corrected chi connectivity index (χ2v) is 4.81. The zero-order chi connectivity index (χ0) is 11.9. The number of hydrogen-bond acceptors (Lipinski definition) is 1. The van der Waals surface area contributed by atoms with Crippen molar-refractivity contribution in [1.29, 1.82) is 0 Å². The molecule has 0 aliphatic heterocycles. The summed E-state index contributed by atoms with van der Waals surface area (Å²) in [6, 6.07) is 0. The molecule has 0 heterocycles. The first-order valence-electron chi connectivity index (χ1n) is 7.30. The quantitative estimate of drug-likeness (QED) is 0.444. The SMILES string of the molecule is C[CH]CCCCCCCCCCCCCO. The van der Waals surface area contributed by atoms with Crippen molar-refractivity contribution in [3.63, 3.8) is 0 Å². The van der Waals surface area contributed by atoms with Crippen LogP contribution in [0.25, 0.3) is 0 Å². The van der Waals surface area contributed by atoms with Crippen LogP contribution in [0.15, 0.2) is 0 Å². The van der Waals surface area contributed by atoms with Crippen LogP contribution in [-0.4, -0.2) is 11.7 Å². The minimum absolute atomic E-state index is 0.370. The van der Waals surface area contributed by atoms with Crippen molar-refractivity contribution in [2.75, 3.05) is 6.61 Å². The maximum Gasteiger partial charge on any atom is 0.0431 e. The first-order valence-corrected chi connectivity index (χ1v) is 7.30. The van der Waals surface area contributed by atoms with Gasteiger partial charge in [0.1, 0.15) is 0 Å². The molecule has 97 valence electrons. The zero-order valence-electron chi connectivity index (χ0n) is 11.2. The molecule has 0 aromatic heterocycles. The summed E-state index contributed by atoms with van der Waals surface area (Å²) < 4.78 is 0. The summed E-state index contributed by atoms with van der Waals surface area (Å²) >= 11 is 0. The van der Waals surface area contributed by atoms with Crippen LogP contribution in [0.1, 0.15) is 84.0 Å². The summed E-state index contributed by atoms with van der Waals surface area (Å²) in [5, 5.41) is 8.63. The molecule has 0 fully saturated rings. The Bertz CT molecular complexity index is 98.0. The molecule has 0 aliphatic rings. The Morgan fingerprint density at radius 3 is 1.38 bits per heavy atom. The van der Waals surface area contributed by atoms with Gasteiger partial charge in [0.25, 0.3) is 0 Å². The largest absolute Gasteiger partial charge is 0.396 e. The smallest absolute Gasteiger partial charge is 0.0431 e. The van der Waals surface area contributed by atoms with Crippen LogP contribution in [0.4, 0.5) is 0 Å². The highest BCUT2D eigenvalue weighted by atomic mass is 16.2. The summed E-state index contributed by atoms with van der Waals surface area (Å²) in [5.41, 5.74) is 0. The highest BCUT2D eigenvalue weighted by Crippen LogP contribution is 2.12. The predicted molar refractivity (Wildman–Crippen MR) is 72.5 cm³/mol. The Kier molecular flexibility index (Phi) is 14.9. The lowest BCUT2D eigenvalue weighted by molar-refractivity contribution is 0.282. The Morgan fingerprint density at radius 1 is 0.625 bits per heavy atom. The van der Waals surface area contributed by atoms with Crippen LogP contribution < -0.4 is 0 Å². The van der Waals surface area contributed by atoms with E-state index in [0.717, 1.165) is 6.42 Å². The molecule has 1 nitrogen and oxygen atoms in total. The molecule has 1 radical (unpaired) electrons. The lowest BCUT2D eigenvalue weighted by Gasteiger charge is -2.02. The van der Waals surface area contributed by atoms with Crippen molar-refractivity contribution in [1.82, 2.24) is 0 Å². The molecule has 0 spiro atoms. The predicted octanol–water partition coefficient (Wildman–Crippen LogP) is 4.88. The van der Waals surface area contributed by atoms with Crippen molar-refractivity contribution in [3.8, 4) is 0 Å². The van der Waals surface area contributed by atoms with Crippen molar-refractivity contribution in [2.45, 2.75) is 84.0 Å². The molecule has 1 heteroatoms. The van der Waals surface area contributed by atoms with Crippen LogP contribution in [0.5, 0.6) is 0 Å². The van der Waals surface area contributed by atoms with Gasteiger partial charge in [0.05, 0.1) is 0 Å². The number of hydrogen-bond donors (Lipinski definition) is 1. The summed E-state index contributed by atoms with van der Waals surface area (Å²) in [4.78, 5) is 0. The van der Waals surface area contributed by atoms with Gasteiger partial charge in [-0.25, -0.2) is 0 Å². The van der Waals surface area contributed by atoms with E-state index in [0.29, 0.717) is 6.61 Å². The fourth-order valence-corrected chi connectivity index (χ4v) is 2.05. The van der Waals surface area contributed by atoms with Gasteiger partial charge in [0.2, 0.25) is 0 Å². The van der Waals surface area contributed by atoms with Crippen molar-refractivity contribution in [2.24, 2.45) is 0 Å². The average Bonchev–Trinajstić information content (AvgIpc) is 2.31. The summed E-state index contributed by atoms with van der Waals surface area (Å²) in [5.74, 6) is 0. The van der Waals surface area contributed by atoms with Gasteiger partial charge in [-0.15, -0.1) is 0 Å². The molecule has 16 heavy (non-hydrogen) atoms. The molecule has 0 bridgehead atoms. The molecule has 0 aliphatic carbocycles. The third kappa shape index (κ3) is 14.0. The monoisotopic (exact) mass is 227 g/mol. The van der Waals surface area contributed by atoms with Crippen LogP contribution in [-0.2, 0) is 0 Å². The van der Waals surface area contributed by atoms with Gasteiger partial charge in [0, 0.05) is 6.61 Å². The van der Waals surface area contributed by atoms with Gasteiger partial charge < -0.3 is 5.11 Å². The molecule has 0 atom stereocenters. The lowest BCUT2D eigenvalue weighted by atomic mass is 10.0. The first kappa shape index (κ1) is 16.0. The number of aliphatic hydroxyl groups is 1. The van der Waals surface area contributed by atoms with E-state index in [1.54, 1.807) is 0 Å². The summed E-state index contributed by atoms with van der Waals surface area (Å²) in [6.07, 6.45) is 18.4. The highest BCUT2D eigenvalue weighted by molar-refractivity contribution is 4.55. The van der Waals surface area contributed by atoms with Gasteiger partial charge in [0.15, 0.2) is 0 Å². The van der Waals surface area contributed by atoms with E-state index < -0.39 is 0 Å². The fraction of sp³-hybridized carbons (Fsp3) is 0.933. The molecule has 0 aromatic rings. The Hall–Kier alpha value is -0.0400. The Labute approximate surface area is 103 Å². The summed E-state index contributed by atoms with van der Waals surface area (Å²) in [7, 11) is 0. The number of unbranched alkanes of at least 4 members (excludes halogenated alkanes) is 12. The second kappa shape index (κ2) is 15.0. The fourth-order valence-electron chi connectivity index (χ4n) is 2.05. The first-order chi connectivity index (χ1) is 7.91. The van der Waals surface area contributed by atoms with Crippen molar-refractivity contribution < 1.29 is 5.11 Å². The topological polar surface area (TPSA) is 20.2 Å². The van der Waals surface area contributed by atoms with E-state index in [2.05, 4.69) is 13.3 Å². The van der Waals surface area contributed by atoms with E-state index in [9.17, 15) is 0 Å². The molecule has 0 saturated carbocycles. The van der Waals surface area contributed by atoms with Gasteiger partial charge in [-0.05, 0) is 12.8 Å². The molecule has 1 N–H and O–H groups in total. The highest BCUT2D eigenvalue weighted by Gasteiger charge is 1.93. The molecular weight excluding hydrogens is 196 g/mol. The van der Waals surface area contributed by atoms with Crippen LogP contribution >= 0.6 is 0 Å². The third-order valence-electron chi connectivity index (χ3n) is 3.15. The second-order valence-electron chi connectivity index (χ2n) is 4.81. The Morgan fingerprint density at radius 2 is 1.00 bits per heavy atom. The number of rotatable bonds is 13. The maximum atomic E-state index is 8.63. The molecule has 0 amide bonds. The maximum absolute atomic E-state index is 8.63. The van der Waals surface area contributed by atoms with Crippen molar-refractivity contribution >= 4 is 0 Å². The summed E-state index contributed by atoms with van der Waals surface area (Å²) in [6.45, 7) is 2.52. The van der Waals surface area contributed by atoms with Gasteiger partial charge >= 0.3 is 0 Å². The standard InChI is InChI=1S/C15H31O/c1-2-3-4-5-6-7-8-9-10-11-12-13-14-15-16/h2,16H,3-15H2,1H3. The van der Waals surface area contributed by atoms with E-state index in [4.69, 9.17) is 5.11 Å². The minimum atomic E-state index is 0.370. The van der Waals surface area contributed by atoms with Crippen LogP contribution in [0.2, 0.25) is 0 Å². The number of aliphatic hydroxyl groups excluding tert-OH is 1. The normalized spacial score (nSPS) is 10.9. The molecular formula is C15H31O. The van der Waals surface area contributed by atoms with E-state index in [1.165, 1.54) is 70.6 Å². The molecule has 0 unspecified atom stereocenters. The van der Waals surface area contributed by atoms with Crippen LogP contribution in [0.3, 0.4) is 0 Å². The Balaban J connectivity index is 2.83. The van der Waals surface area contributed by atoms with Gasteiger partial charge in [-0.1, -0.05) is 77.6 Å². The third-order valence-corrected chi connectivity index (χ3v) is 3.15. The molecule has 0 aromatic carbocycles. The van der Waals surface area contributed by atoms with Gasteiger partial charge in [-0.3, -0.25) is 0 Å². The zero-order valence-corrected chi connectivity index (χ0v) is 11.2. The lowest BCUT2D eigenvalue weighted by Crippen LogP contribution is -1.84. The van der Waals surface area contributed by atoms with Crippen LogP contribution in [0, 0.1) is 6.42 Å². The van der Waals surface area contributed by atoms with Crippen molar-refractivity contribution in [3.05, 3.63) is 6.42 Å².